The number of rotatable bonds is 8. The highest BCUT2D eigenvalue weighted by molar-refractivity contribution is 5.97. The summed E-state index contributed by atoms with van der Waals surface area (Å²) in [5.74, 6) is -0.249. The molecule has 0 aromatic heterocycles. The van der Waals surface area contributed by atoms with Gasteiger partial charge in [-0.3, -0.25) is 4.79 Å². The van der Waals surface area contributed by atoms with Gasteiger partial charge in [0.2, 0.25) is 0 Å². The minimum Gasteiger partial charge on any atom is -0.394 e. The molecule has 1 fully saturated rings. The Kier molecular flexibility index (Phi) is 8.51. The van der Waals surface area contributed by atoms with Gasteiger partial charge in [0.1, 0.15) is 11.6 Å². The smallest absolute Gasteiger partial charge is 0.265 e. The van der Waals surface area contributed by atoms with E-state index in [9.17, 15) is 4.79 Å². The Bertz CT molecular complexity index is 412. The lowest BCUT2D eigenvalue weighted by Gasteiger charge is -2.34. The molecule has 124 valence electrons. The summed E-state index contributed by atoms with van der Waals surface area (Å²) in [6.07, 6.45) is 3.30. The fourth-order valence-corrected chi connectivity index (χ4v) is 2.35. The van der Waals surface area contributed by atoms with Crippen LogP contribution in [0.1, 0.15) is 12.8 Å². The molecule has 1 aliphatic rings. The molecule has 1 saturated heterocycles. The zero-order valence-electron chi connectivity index (χ0n) is 13.4. The average Bonchev–Trinajstić information content (AvgIpc) is 2.54. The van der Waals surface area contributed by atoms with Crippen molar-refractivity contribution < 1.29 is 14.6 Å². The summed E-state index contributed by atoms with van der Waals surface area (Å²) in [7, 11) is 3.83. The van der Waals surface area contributed by atoms with Crippen molar-refractivity contribution in [2.45, 2.75) is 18.9 Å². The highest BCUT2D eigenvalue weighted by Crippen LogP contribution is 2.15. The van der Waals surface area contributed by atoms with Gasteiger partial charge in [-0.25, -0.2) is 0 Å². The molecular weight excluding hydrogens is 284 g/mol. The zero-order chi connectivity index (χ0) is 16.4. The number of carbonyl (C=O) groups excluding carboxylic acids is 1. The second kappa shape index (κ2) is 10.2. The van der Waals surface area contributed by atoms with E-state index in [2.05, 4.69) is 17.3 Å². The molecular formula is C15H26N4O3. The van der Waals surface area contributed by atoms with E-state index in [1.165, 1.54) is 6.20 Å². The molecule has 0 bridgehead atoms. The molecule has 22 heavy (non-hydrogen) atoms. The lowest BCUT2D eigenvalue weighted by molar-refractivity contribution is -0.128. The van der Waals surface area contributed by atoms with Gasteiger partial charge in [0, 0.05) is 25.8 Å². The molecule has 0 saturated carbocycles. The molecule has 7 heteroatoms. The van der Waals surface area contributed by atoms with Crippen LogP contribution in [0.4, 0.5) is 0 Å². The first-order valence-electron chi connectivity index (χ1n) is 7.58. The second-order valence-electron chi connectivity index (χ2n) is 5.41. The van der Waals surface area contributed by atoms with E-state index >= 15 is 0 Å². The predicted octanol–water partition coefficient (Wildman–Crippen LogP) is -0.455. The largest absolute Gasteiger partial charge is 0.394 e. The van der Waals surface area contributed by atoms with Crippen molar-refractivity contribution in [3.63, 3.8) is 0 Å². The van der Waals surface area contributed by atoms with Gasteiger partial charge in [-0.15, -0.1) is 0 Å². The number of hydrogen-bond donors (Lipinski definition) is 2. The predicted molar refractivity (Wildman–Crippen MR) is 82.9 cm³/mol. The van der Waals surface area contributed by atoms with Crippen molar-refractivity contribution in [2.75, 3.05) is 53.6 Å². The van der Waals surface area contributed by atoms with E-state index < -0.39 is 0 Å². The van der Waals surface area contributed by atoms with Crippen LogP contribution in [0.2, 0.25) is 0 Å². The normalized spacial score (nSPS) is 17.1. The van der Waals surface area contributed by atoms with Crippen LogP contribution in [-0.4, -0.2) is 80.4 Å². The molecule has 1 rings (SSSR count). The number of hydrogen-bond acceptors (Lipinski definition) is 6. The highest BCUT2D eigenvalue weighted by atomic mass is 16.5. The van der Waals surface area contributed by atoms with Crippen molar-refractivity contribution in [1.29, 1.82) is 5.26 Å². The standard InChI is InChI=1S/C15H26N4O3/c1-18-6-3-14(4-7-18)19(2)15(21)13(11-16)12-17-5-9-22-10-8-20/h12,14,17,20H,3-10H2,1-2H3/b13-12-. The Labute approximate surface area is 132 Å². The summed E-state index contributed by atoms with van der Waals surface area (Å²) in [6, 6.07) is 2.14. The number of nitrogens with zero attached hydrogens (tertiary/aromatic N) is 3. The van der Waals surface area contributed by atoms with Crippen molar-refractivity contribution in [2.24, 2.45) is 0 Å². The number of likely N-dealkylation sites (tertiary alicyclic amines) is 1. The van der Waals surface area contributed by atoms with Crippen LogP contribution in [0.5, 0.6) is 0 Å². The third-order valence-electron chi connectivity index (χ3n) is 3.78. The molecule has 0 aliphatic carbocycles. The third kappa shape index (κ3) is 6.02. The van der Waals surface area contributed by atoms with E-state index in [0.29, 0.717) is 13.2 Å². The summed E-state index contributed by atoms with van der Waals surface area (Å²) in [4.78, 5) is 16.3. The summed E-state index contributed by atoms with van der Waals surface area (Å²) >= 11 is 0. The Morgan fingerprint density at radius 1 is 1.50 bits per heavy atom. The van der Waals surface area contributed by atoms with Crippen LogP contribution in [0.15, 0.2) is 11.8 Å². The minimum atomic E-state index is -0.249. The molecule has 7 nitrogen and oxygen atoms in total. The molecule has 1 amide bonds. The Morgan fingerprint density at radius 2 is 2.18 bits per heavy atom. The van der Waals surface area contributed by atoms with Crippen LogP contribution in [0.25, 0.3) is 0 Å². The summed E-state index contributed by atoms with van der Waals surface area (Å²) < 4.78 is 5.09. The lowest BCUT2D eigenvalue weighted by atomic mass is 10.0. The Balaban J connectivity index is 2.44. The minimum absolute atomic E-state index is 0.0147. The molecule has 0 atom stereocenters. The second-order valence-corrected chi connectivity index (χ2v) is 5.41. The quantitative estimate of drug-likeness (QED) is 0.358. The van der Waals surface area contributed by atoms with Gasteiger partial charge in [-0.2, -0.15) is 5.26 Å². The van der Waals surface area contributed by atoms with Crippen LogP contribution in [-0.2, 0) is 9.53 Å². The molecule has 0 unspecified atom stereocenters. The number of ether oxygens (including phenoxy) is 1. The van der Waals surface area contributed by atoms with Gasteiger partial charge < -0.3 is 25.0 Å². The van der Waals surface area contributed by atoms with Gasteiger partial charge in [-0.1, -0.05) is 0 Å². The highest BCUT2D eigenvalue weighted by Gasteiger charge is 2.25. The van der Waals surface area contributed by atoms with Gasteiger partial charge >= 0.3 is 0 Å². The summed E-state index contributed by atoms with van der Waals surface area (Å²) in [5.41, 5.74) is 0.101. The number of likely N-dealkylation sites (N-methyl/N-ethyl adjacent to an activating group) is 1. The van der Waals surface area contributed by atoms with Crippen LogP contribution in [0.3, 0.4) is 0 Å². The van der Waals surface area contributed by atoms with E-state index in [1.807, 2.05) is 6.07 Å². The fourth-order valence-electron chi connectivity index (χ4n) is 2.35. The first-order chi connectivity index (χ1) is 10.6. The number of amides is 1. The number of nitriles is 1. The number of nitrogens with one attached hydrogen (secondary N) is 1. The van der Waals surface area contributed by atoms with Crippen LogP contribution < -0.4 is 5.32 Å². The SMILES string of the molecule is CN1CCC(N(C)C(=O)/C(C#N)=C\NCCOCCO)CC1. The number of carbonyl (C=O) groups is 1. The van der Waals surface area contributed by atoms with Crippen LogP contribution >= 0.6 is 0 Å². The first kappa shape index (κ1) is 18.4. The van der Waals surface area contributed by atoms with Gasteiger partial charge in [0.25, 0.3) is 5.91 Å². The Hall–Kier alpha value is -1.62. The van der Waals surface area contributed by atoms with Gasteiger partial charge in [0.15, 0.2) is 0 Å². The molecule has 0 aromatic carbocycles. The summed E-state index contributed by atoms with van der Waals surface area (Å²) in [6.45, 7) is 3.10. The topological polar surface area (TPSA) is 88.8 Å². The average molecular weight is 310 g/mol. The van der Waals surface area contributed by atoms with Crippen LogP contribution in [0, 0.1) is 11.3 Å². The first-order valence-corrected chi connectivity index (χ1v) is 7.58. The molecule has 2 N–H and O–H groups in total. The summed E-state index contributed by atoms with van der Waals surface area (Å²) in [5, 5.41) is 20.6. The number of piperidine rings is 1. The maximum absolute atomic E-state index is 12.3. The van der Waals surface area contributed by atoms with E-state index in [1.54, 1.807) is 11.9 Å². The lowest BCUT2D eigenvalue weighted by Crippen LogP contribution is -2.45. The molecule has 1 aliphatic heterocycles. The van der Waals surface area contributed by atoms with E-state index in [4.69, 9.17) is 15.1 Å². The maximum Gasteiger partial charge on any atom is 0.265 e. The monoisotopic (exact) mass is 310 g/mol. The Morgan fingerprint density at radius 3 is 2.77 bits per heavy atom. The van der Waals surface area contributed by atoms with Crippen molar-refractivity contribution in [3.8, 4) is 6.07 Å². The van der Waals surface area contributed by atoms with E-state index in [-0.39, 0.29) is 30.7 Å². The third-order valence-corrected chi connectivity index (χ3v) is 3.78. The fraction of sp³-hybridized carbons (Fsp3) is 0.733. The molecule has 1 heterocycles. The number of aliphatic hydroxyl groups excluding tert-OH is 1. The van der Waals surface area contributed by atoms with Crippen molar-refractivity contribution in [3.05, 3.63) is 11.8 Å². The van der Waals surface area contributed by atoms with Crippen molar-refractivity contribution >= 4 is 5.91 Å². The van der Waals surface area contributed by atoms with E-state index in [0.717, 1.165) is 25.9 Å². The van der Waals surface area contributed by atoms with Gasteiger partial charge in [0.05, 0.1) is 19.8 Å². The van der Waals surface area contributed by atoms with Crippen molar-refractivity contribution in [1.82, 2.24) is 15.1 Å². The zero-order valence-corrected chi connectivity index (χ0v) is 13.4. The molecule has 0 spiro atoms. The molecule has 0 radical (unpaired) electrons. The maximum atomic E-state index is 12.3. The van der Waals surface area contributed by atoms with Gasteiger partial charge in [-0.05, 0) is 33.0 Å². The number of aliphatic hydroxyl groups is 1. The molecule has 0 aromatic rings.